The predicted octanol–water partition coefficient (Wildman–Crippen LogP) is 0.163. The summed E-state index contributed by atoms with van der Waals surface area (Å²) in [5, 5.41) is 24.2. The number of carbonyl (C=O) groups excluding carboxylic acids is 2. The lowest BCUT2D eigenvalue weighted by molar-refractivity contribution is -0.662. The summed E-state index contributed by atoms with van der Waals surface area (Å²) in [7, 11) is 0. The van der Waals surface area contributed by atoms with Crippen molar-refractivity contribution in [2.45, 2.75) is 18.0 Å². The van der Waals surface area contributed by atoms with Crippen LogP contribution < -0.4 is 15.6 Å². The zero-order valence-corrected chi connectivity index (χ0v) is 22.1. The van der Waals surface area contributed by atoms with Gasteiger partial charge in [-0.15, -0.1) is 11.8 Å². The van der Waals surface area contributed by atoms with Crippen molar-refractivity contribution in [3.63, 3.8) is 0 Å². The highest BCUT2D eigenvalue weighted by Crippen LogP contribution is 2.40. The number of pyridine rings is 1. The number of anilines is 1. The van der Waals surface area contributed by atoms with E-state index in [9.17, 15) is 24.3 Å². The number of nitrogens with two attached hydrogens (primary N) is 1. The van der Waals surface area contributed by atoms with Gasteiger partial charge in [0.25, 0.3) is 17.5 Å². The van der Waals surface area contributed by atoms with Crippen LogP contribution in [0.2, 0.25) is 4.34 Å². The number of aliphatic carboxylic acids is 2. The number of nitrogens with zero attached hydrogens (tertiary/aromatic N) is 5. The average molecular weight is 593 g/mol. The minimum atomic E-state index is -1.33. The van der Waals surface area contributed by atoms with Crippen LogP contribution in [0.4, 0.5) is 5.13 Å². The van der Waals surface area contributed by atoms with Crippen molar-refractivity contribution < 1.29 is 38.8 Å². The Morgan fingerprint density at radius 2 is 2.10 bits per heavy atom. The number of hydrogen-bond donors (Lipinski definition) is 4. The number of nitrogens with one attached hydrogen (secondary N) is 1. The van der Waals surface area contributed by atoms with E-state index in [1.54, 1.807) is 0 Å². The normalized spacial score (nSPS) is 19.1. The third kappa shape index (κ3) is 5.00. The van der Waals surface area contributed by atoms with Crippen molar-refractivity contribution in [1.82, 2.24) is 19.6 Å². The number of thioether (sulfide) groups is 1. The Labute approximate surface area is 232 Å². The molecule has 0 unspecified atom stereocenters. The molecule has 0 radical (unpaired) electrons. The fourth-order valence-corrected chi connectivity index (χ4v) is 6.47. The van der Waals surface area contributed by atoms with Crippen LogP contribution >= 0.6 is 34.7 Å². The van der Waals surface area contributed by atoms with Gasteiger partial charge in [-0.1, -0.05) is 34.2 Å². The maximum absolute atomic E-state index is 13.1. The number of imidazole rings is 1. The fraction of sp³-hybridized carbons (Fsp3) is 0.227. The van der Waals surface area contributed by atoms with Gasteiger partial charge in [0.15, 0.2) is 10.8 Å². The molecule has 2 atom stereocenters. The van der Waals surface area contributed by atoms with Crippen LogP contribution in [-0.4, -0.2) is 77.7 Å². The van der Waals surface area contributed by atoms with Gasteiger partial charge in [-0.05, 0) is 6.07 Å². The van der Waals surface area contributed by atoms with Gasteiger partial charge in [0.2, 0.25) is 6.61 Å². The first kappa shape index (κ1) is 26.5. The second kappa shape index (κ2) is 10.5. The Balaban J connectivity index is 1.37. The minimum Gasteiger partial charge on any atom is -0.479 e. The van der Waals surface area contributed by atoms with E-state index in [-0.39, 0.29) is 27.4 Å². The first-order chi connectivity index (χ1) is 18.7. The molecule has 202 valence electrons. The van der Waals surface area contributed by atoms with E-state index in [1.165, 1.54) is 11.8 Å². The van der Waals surface area contributed by atoms with Crippen molar-refractivity contribution in [1.29, 1.82) is 0 Å². The highest BCUT2D eigenvalue weighted by molar-refractivity contribution is 8.00. The summed E-state index contributed by atoms with van der Waals surface area (Å²) in [6.45, 7) is -0.586. The third-order valence-electron chi connectivity index (χ3n) is 5.85. The standard InChI is InChI=1S/C22H18ClN7O7S2/c23-17-13(26-22(24)39-17)14(27-37-8-12(31)32)18(33)25-15-19(34)30-16(21(35)36)10(9-38-20(15)30)7-29-6-5-28-4-2-1-3-11(28)29/h1-6,15,20H,7-9H2,(H4-,24,25,26,31,32,33,35,36)/p+1/b27-14-/t15-,20-/m1/s1. The molecule has 5 N–H and O–H groups in total. The second-order valence-corrected chi connectivity index (χ2v) is 11.0. The molecule has 39 heavy (non-hydrogen) atoms. The molecule has 0 spiro atoms. The Hall–Kier alpha value is -4.15. The van der Waals surface area contributed by atoms with Crippen molar-refractivity contribution >= 4 is 74.9 Å². The van der Waals surface area contributed by atoms with Crippen LogP contribution in [0.5, 0.6) is 0 Å². The van der Waals surface area contributed by atoms with Crippen LogP contribution in [-0.2, 0) is 30.6 Å². The van der Waals surface area contributed by atoms with E-state index in [0.29, 0.717) is 11.3 Å². The maximum Gasteiger partial charge on any atom is 0.352 e. The number of fused-ring (bicyclic) bond motifs is 2. The van der Waals surface area contributed by atoms with Crippen LogP contribution in [0.25, 0.3) is 5.65 Å². The third-order valence-corrected chi connectivity index (χ3v) is 8.28. The maximum atomic E-state index is 13.1. The monoisotopic (exact) mass is 592 g/mol. The van der Waals surface area contributed by atoms with E-state index >= 15 is 0 Å². The van der Waals surface area contributed by atoms with Gasteiger partial charge in [-0.25, -0.2) is 23.5 Å². The number of carboxylic acids is 2. The zero-order valence-electron chi connectivity index (χ0n) is 19.7. The number of hydrogen-bond acceptors (Lipinski definition) is 10. The number of halogens is 1. The van der Waals surface area contributed by atoms with Gasteiger partial charge in [0.1, 0.15) is 46.1 Å². The summed E-state index contributed by atoms with van der Waals surface area (Å²) in [6, 6.07) is 4.55. The number of carboxylic acid groups (broad SMARTS) is 2. The lowest BCUT2D eigenvalue weighted by Gasteiger charge is -2.49. The molecule has 2 amide bonds. The quantitative estimate of drug-likeness (QED) is 0.115. The van der Waals surface area contributed by atoms with Crippen LogP contribution in [0, 0.1) is 0 Å². The Morgan fingerprint density at radius 3 is 2.79 bits per heavy atom. The lowest BCUT2D eigenvalue weighted by atomic mass is 10.0. The van der Waals surface area contributed by atoms with Gasteiger partial charge in [0.05, 0.1) is 6.20 Å². The average Bonchev–Trinajstić information content (AvgIpc) is 3.46. The summed E-state index contributed by atoms with van der Waals surface area (Å²) >= 11 is 8.27. The highest BCUT2D eigenvalue weighted by atomic mass is 35.5. The Morgan fingerprint density at radius 1 is 1.31 bits per heavy atom. The molecular weight excluding hydrogens is 574 g/mol. The summed E-state index contributed by atoms with van der Waals surface area (Å²) < 4.78 is 3.78. The van der Waals surface area contributed by atoms with E-state index in [1.807, 2.05) is 45.8 Å². The Kier molecular flexibility index (Phi) is 7.16. The fourth-order valence-electron chi connectivity index (χ4n) is 4.21. The van der Waals surface area contributed by atoms with E-state index in [4.69, 9.17) is 27.3 Å². The molecule has 0 bridgehead atoms. The van der Waals surface area contributed by atoms with Crippen LogP contribution in [0.15, 0.2) is 53.2 Å². The van der Waals surface area contributed by atoms with E-state index in [0.717, 1.165) is 21.9 Å². The molecule has 3 aromatic heterocycles. The van der Waals surface area contributed by atoms with Crippen LogP contribution in [0.1, 0.15) is 5.69 Å². The minimum absolute atomic E-state index is 0.00497. The molecule has 5 rings (SSSR count). The zero-order chi connectivity index (χ0) is 27.8. The van der Waals surface area contributed by atoms with Gasteiger partial charge in [0, 0.05) is 17.4 Å². The van der Waals surface area contributed by atoms with Crippen molar-refractivity contribution in [2.75, 3.05) is 18.1 Å². The predicted molar refractivity (Wildman–Crippen MR) is 139 cm³/mol. The van der Waals surface area contributed by atoms with Crippen molar-refractivity contribution in [2.24, 2.45) is 5.16 Å². The largest absolute Gasteiger partial charge is 0.479 e. The summed E-state index contributed by atoms with van der Waals surface area (Å²) in [5.41, 5.74) is 6.28. The van der Waals surface area contributed by atoms with E-state index in [2.05, 4.69) is 15.5 Å². The number of carbonyl (C=O) groups is 4. The van der Waals surface area contributed by atoms with Crippen LogP contribution in [0.3, 0.4) is 0 Å². The Bertz CT molecular complexity index is 1580. The topological polar surface area (TPSA) is 193 Å². The molecule has 14 nitrogen and oxygen atoms in total. The molecule has 3 aromatic rings. The molecule has 2 aliphatic rings. The summed E-state index contributed by atoms with van der Waals surface area (Å²) in [6.07, 6.45) is 5.54. The SMILES string of the molecule is Nc1nc(/C(=N/OCC(=O)O)C(=O)N[C@@H]2C(=O)N3C(C(=O)O)=C(C[n+]4ccn5ccccc54)CS[C@H]23)c(Cl)s1. The molecule has 2 aliphatic heterocycles. The van der Waals surface area contributed by atoms with Gasteiger partial charge in [-0.3, -0.25) is 14.5 Å². The number of β-lactam (4-membered cyclic amide) rings is 1. The summed E-state index contributed by atoms with van der Waals surface area (Å²) in [5.74, 6) is -3.84. The summed E-state index contributed by atoms with van der Waals surface area (Å²) in [4.78, 5) is 59.1. The van der Waals surface area contributed by atoms with E-state index < -0.39 is 47.5 Å². The molecule has 17 heteroatoms. The number of nitrogen functional groups attached to an aromatic ring is 1. The number of rotatable bonds is 9. The first-order valence-electron chi connectivity index (χ1n) is 11.2. The van der Waals surface area contributed by atoms with Gasteiger partial charge in [-0.2, -0.15) is 0 Å². The smallest absolute Gasteiger partial charge is 0.352 e. The lowest BCUT2D eigenvalue weighted by Crippen LogP contribution is -2.71. The molecule has 1 fully saturated rings. The van der Waals surface area contributed by atoms with Crippen molar-refractivity contribution in [3.8, 4) is 0 Å². The van der Waals surface area contributed by atoms with Gasteiger partial charge >= 0.3 is 11.9 Å². The highest BCUT2D eigenvalue weighted by Gasteiger charge is 2.54. The number of amides is 2. The second-order valence-electron chi connectivity index (χ2n) is 8.29. The van der Waals surface area contributed by atoms with Gasteiger partial charge < -0.3 is 26.1 Å². The molecular formula is C22H19ClN7O7S2+. The van der Waals surface area contributed by atoms with Crippen molar-refractivity contribution in [3.05, 3.63) is 58.1 Å². The number of thiazole rings is 1. The molecule has 0 aromatic carbocycles. The molecule has 1 saturated heterocycles. The molecule has 0 saturated carbocycles. The molecule has 0 aliphatic carbocycles. The number of aromatic nitrogens is 3. The molecule has 5 heterocycles. The first-order valence-corrected chi connectivity index (χ1v) is 13.4. The number of oxime groups is 1.